The number of amides is 1. The van der Waals surface area contributed by atoms with Crippen molar-refractivity contribution in [1.82, 2.24) is 9.97 Å². The molecule has 0 aliphatic carbocycles. The maximum absolute atomic E-state index is 11.4. The number of methoxy groups -OCH3 is 3. The molecule has 1 heterocycles. The van der Waals surface area contributed by atoms with Crippen molar-refractivity contribution in [3.05, 3.63) is 42.2 Å². The van der Waals surface area contributed by atoms with E-state index in [1.54, 1.807) is 26.4 Å². The summed E-state index contributed by atoms with van der Waals surface area (Å²) in [5, 5.41) is 6.74. The fraction of sp³-hybridized carbons (Fsp3) is 0.211. The van der Waals surface area contributed by atoms with Crippen LogP contribution in [0.1, 0.15) is 5.56 Å². The number of ether oxygens (including phenoxy) is 3. The molecule has 1 aromatic heterocycles. The first-order valence-electron chi connectivity index (χ1n) is 8.15. The molecule has 0 aliphatic rings. The Morgan fingerprint density at radius 3 is 2.41 bits per heavy atom. The van der Waals surface area contributed by atoms with Crippen LogP contribution in [0.15, 0.2) is 36.7 Å². The van der Waals surface area contributed by atoms with Crippen molar-refractivity contribution in [3.63, 3.8) is 0 Å². The summed E-state index contributed by atoms with van der Waals surface area (Å²) in [4.78, 5) is 20.0. The van der Waals surface area contributed by atoms with Gasteiger partial charge in [-0.25, -0.2) is 14.8 Å². The summed E-state index contributed by atoms with van der Waals surface area (Å²) in [5.74, 6) is 1.83. The van der Waals surface area contributed by atoms with Crippen molar-refractivity contribution in [2.75, 3.05) is 32.0 Å². The molecular formula is C19H20N4O4. The van der Waals surface area contributed by atoms with E-state index in [1.807, 2.05) is 25.1 Å². The molecule has 0 fully saturated rings. The highest BCUT2D eigenvalue weighted by atomic mass is 16.5. The van der Waals surface area contributed by atoms with Crippen LogP contribution in [0, 0.1) is 6.92 Å². The number of rotatable bonds is 5. The minimum absolute atomic E-state index is 0.512. The van der Waals surface area contributed by atoms with E-state index in [0.717, 1.165) is 22.2 Å². The Bertz CT molecular complexity index is 991. The Hall–Kier alpha value is -3.55. The van der Waals surface area contributed by atoms with Crippen molar-refractivity contribution < 1.29 is 19.0 Å². The van der Waals surface area contributed by atoms with Crippen LogP contribution >= 0.6 is 0 Å². The van der Waals surface area contributed by atoms with Crippen molar-refractivity contribution >= 4 is 34.2 Å². The number of carbonyl (C=O) groups is 1. The number of fused-ring (bicyclic) bond motifs is 1. The Labute approximate surface area is 156 Å². The lowest BCUT2D eigenvalue weighted by molar-refractivity contribution is 0.187. The third kappa shape index (κ3) is 3.84. The summed E-state index contributed by atoms with van der Waals surface area (Å²) < 4.78 is 15.3. The normalized spacial score (nSPS) is 10.4. The van der Waals surface area contributed by atoms with Crippen LogP contribution in [0.4, 0.5) is 22.0 Å². The number of nitrogens with zero attached hydrogens (tertiary/aromatic N) is 2. The van der Waals surface area contributed by atoms with E-state index in [4.69, 9.17) is 9.47 Å². The van der Waals surface area contributed by atoms with Gasteiger partial charge in [0.05, 0.1) is 26.8 Å². The summed E-state index contributed by atoms with van der Waals surface area (Å²) in [6, 6.07) is 9.17. The number of hydrogen-bond donors (Lipinski definition) is 2. The molecule has 140 valence electrons. The molecule has 0 aliphatic heterocycles. The molecule has 0 radical (unpaired) electrons. The largest absolute Gasteiger partial charge is 0.493 e. The van der Waals surface area contributed by atoms with Gasteiger partial charge in [-0.05, 0) is 36.8 Å². The third-order valence-corrected chi connectivity index (χ3v) is 4.05. The van der Waals surface area contributed by atoms with E-state index in [1.165, 1.54) is 13.4 Å². The average molecular weight is 368 g/mol. The first-order chi connectivity index (χ1) is 13.0. The van der Waals surface area contributed by atoms with Crippen LogP contribution in [0.5, 0.6) is 11.5 Å². The molecule has 2 aromatic carbocycles. The van der Waals surface area contributed by atoms with Crippen molar-refractivity contribution in [3.8, 4) is 11.5 Å². The molecule has 0 bridgehead atoms. The van der Waals surface area contributed by atoms with Gasteiger partial charge in [-0.15, -0.1) is 0 Å². The summed E-state index contributed by atoms with van der Waals surface area (Å²) >= 11 is 0. The third-order valence-electron chi connectivity index (χ3n) is 4.05. The Kier molecular flexibility index (Phi) is 5.25. The molecule has 0 unspecified atom stereocenters. The number of carbonyl (C=O) groups excluding carboxylic acids is 1. The van der Waals surface area contributed by atoms with E-state index in [-0.39, 0.29) is 0 Å². The van der Waals surface area contributed by atoms with Crippen LogP contribution in [0.25, 0.3) is 10.9 Å². The Morgan fingerprint density at radius 2 is 1.74 bits per heavy atom. The number of benzene rings is 2. The molecule has 1 amide bonds. The molecule has 3 aromatic rings. The molecule has 8 nitrogen and oxygen atoms in total. The molecule has 0 saturated carbocycles. The number of aryl methyl sites for hydroxylation is 1. The summed E-state index contributed by atoms with van der Waals surface area (Å²) in [7, 11) is 4.48. The molecule has 3 rings (SSSR count). The second-order valence-electron chi connectivity index (χ2n) is 5.72. The molecule has 0 atom stereocenters. The van der Waals surface area contributed by atoms with Gasteiger partial charge in [0.1, 0.15) is 12.1 Å². The number of hydrogen-bond acceptors (Lipinski definition) is 7. The van der Waals surface area contributed by atoms with E-state index < -0.39 is 6.09 Å². The lowest BCUT2D eigenvalue weighted by Crippen LogP contribution is -2.11. The zero-order valence-electron chi connectivity index (χ0n) is 15.5. The van der Waals surface area contributed by atoms with Crippen molar-refractivity contribution in [2.45, 2.75) is 6.92 Å². The van der Waals surface area contributed by atoms with Crippen molar-refractivity contribution in [2.24, 2.45) is 0 Å². The second kappa shape index (κ2) is 7.77. The Balaban J connectivity index is 1.94. The highest BCUT2D eigenvalue weighted by Gasteiger charge is 2.12. The second-order valence-corrected chi connectivity index (χ2v) is 5.72. The minimum Gasteiger partial charge on any atom is -0.493 e. The van der Waals surface area contributed by atoms with Crippen LogP contribution in [0.3, 0.4) is 0 Å². The quantitative estimate of drug-likeness (QED) is 0.706. The Morgan fingerprint density at radius 1 is 1.00 bits per heavy atom. The molecular weight excluding hydrogens is 348 g/mol. The van der Waals surface area contributed by atoms with Gasteiger partial charge in [-0.1, -0.05) is 0 Å². The maximum Gasteiger partial charge on any atom is 0.411 e. The first kappa shape index (κ1) is 18.2. The van der Waals surface area contributed by atoms with Gasteiger partial charge in [-0.3, -0.25) is 5.32 Å². The van der Waals surface area contributed by atoms with E-state index in [9.17, 15) is 4.79 Å². The monoisotopic (exact) mass is 368 g/mol. The van der Waals surface area contributed by atoms with Gasteiger partial charge in [0.2, 0.25) is 0 Å². The molecule has 0 saturated heterocycles. The lowest BCUT2D eigenvalue weighted by Gasteiger charge is -2.13. The lowest BCUT2D eigenvalue weighted by atomic mass is 10.1. The van der Waals surface area contributed by atoms with Gasteiger partial charge in [0.15, 0.2) is 11.5 Å². The number of aromatic nitrogens is 2. The van der Waals surface area contributed by atoms with E-state index in [0.29, 0.717) is 23.0 Å². The van der Waals surface area contributed by atoms with Gasteiger partial charge in [0.25, 0.3) is 0 Å². The van der Waals surface area contributed by atoms with Gasteiger partial charge in [0, 0.05) is 22.8 Å². The summed E-state index contributed by atoms with van der Waals surface area (Å²) in [6.45, 7) is 1.89. The van der Waals surface area contributed by atoms with Gasteiger partial charge < -0.3 is 19.5 Å². The highest BCUT2D eigenvalue weighted by Crippen LogP contribution is 2.34. The van der Waals surface area contributed by atoms with Gasteiger partial charge >= 0.3 is 6.09 Å². The summed E-state index contributed by atoms with van der Waals surface area (Å²) in [5.41, 5.74) is 3.10. The predicted octanol–water partition coefficient (Wildman–Crippen LogP) is 3.88. The maximum atomic E-state index is 11.4. The fourth-order valence-electron chi connectivity index (χ4n) is 2.66. The van der Waals surface area contributed by atoms with E-state index >= 15 is 0 Å². The smallest absolute Gasteiger partial charge is 0.411 e. The average Bonchev–Trinajstić information content (AvgIpc) is 2.69. The topological polar surface area (TPSA) is 94.6 Å². The number of anilines is 3. The van der Waals surface area contributed by atoms with Crippen LogP contribution in [-0.4, -0.2) is 37.4 Å². The summed E-state index contributed by atoms with van der Waals surface area (Å²) in [6.07, 6.45) is 0.970. The molecule has 0 spiro atoms. The molecule has 27 heavy (non-hydrogen) atoms. The van der Waals surface area contributed by atoms with Crippen molar-refractivity contribution in [1.29, 1.82) is 0 Å². The SMILES string of the molecule is COC(=O)Nc1ccc(Nc2ncnc3cc(OC)c(OC)cc23)cc1C. The fourth-order valence-corrected chi connectivity index (χ4v) is 2.66. The van der Waals surface area contributed by atoms with Crippen LogP contribution in [-0.2, 0) is 4.74 Å². The van der Waals surface area contributed by atoms with Gasteiger partial charge in [-0.2, -0.15) is 0 Å². The van der Waals surface area contributed by atoms with Crippen LogP contribution < -0.4 is 20.1 Å². The molecule has 2 N–H and O–H groups in total. The first-order valence-corrected chi connectivity index (χ1v) is 8.15. The molecule has 8 heteroatoms. The van der Waals surface area contributed by atoms with Crippen LogP contribution in [0.2, 0.25) is 0 Å². The standard InChI is InChI=1S/C19H20N4O4/c1-11-7-12(5-6-14(11)23-19(24)27-4)22-18-13-8-16(25-2)17(26-3)9-15(13)20-10-21-18/h5-10H,1-4H3,(H,23,24)(H,20,21,22). The zero-order chi connectivity index (χ0) is 19.4. The number of nitrogens with one attached hydrogen (secondary N) is 2. The van der Waals surface area contributed by atoms with E-state index in [2.05, 4.69) is 25.3 Å². The zero-order valence-corrected chi connectivity index (χ0v) is 15.5. The minimum atomic E-state index is -0.512. The predicted molar refractivity (Wildman–Crippen MR) is 103 cm³/mol. The highest BCUT2D eigenvalue weighted by molar-refractivity contribution is 5.93.